The van der Waals surface area contributed by atoms with Gasteiger partial charge in [0.25, 0.3) is 0 Å². The van der Waals surface area contributed by atoms with Crippen molar-refractivity contribution in [3.63, 3.8) is 0 Å². The largest absolute Gasteiger partial charge is 0.478 e. The van der Waals surface area contributed by atoms with E-state index in [2.05, 4.69) is 27.1 Å². The summed E-state index contributed by atoms with van der Waals surface area (Å²) in [5, 5.41) is 12.9. The van der Waals surface area contributed by atoms with Gasteiger partial charge in [-0.25, -0.2) is 13.6 Å². The molecule has 4 nitrogen and oxygen atoms in total. The number of hydrogen-bond acceptors (Lipinski definition) is 2. The van der Waals surface area contributed by atoms with Gasteiger partial charge in [-0.15, -0.1) is 0 Å². The lowest BCUT2D eigenvalue weighted by Crippen LogP contribution is -2.00. The standard InChI is InChI=1S/C10H7FIN2O2P/c11-8-5-6(1-2-7(8)10(15)16)9-3-4-14(13-9)17-12/h1-5,17H,(H,15,16). The molecule has 0 aliphatic heterocycles. The second-order valence-electron chi connectivity index (χ2n) is 3.23. The number of rotatable bonds is 3. The summed E-state index contributed by atoms with van der Waals surface area (Å²) in [6.07, 6.45) is 2.27. The molecule has 0 fully saturated rings. The Morgan fingerprint density at radius 2 is 2.24 bits per heavy atom. The third kappa shape index (κ3) is 2.63. The van der Waals surface area contributed by atoms with Crippen molar-refractivity contribution in [3.05, 3.63) is 41.8 Å². The lowest BCUT2D eigenvalue weighted by Gasteiger charge is -2.00. The summed E-state index contributed by atoms with van der Waals surface area (Å²) >= 11 is 2.18. The SMILES string of the molecule is O=C(O)c1ccc(-c2ccn(PI)n2)cc1F. The molecule has 17 heavy (non-hydrogen) atoms. The number of carbonyl (C=O) groups is 1. The fourth-order valence-electron chi connectivity index (χ4n) is 1.37. The Morgan fingerprint density at radius 1 is 1.47 bits per heavy atom. The molecule has 0 spiro atoms. The molecule has 7 heteroatoms. The average Bonchev–Trinajstić information content (AvgIpc) is 2.76. The fourth-order valence-corrected chi connectivity index (χ4v) is 2.46. The van der Waals surface area contributed by atoms with Crippen molar-refractivity contribution in [3.8, 4) is 11.3 Å². The summed E-state index contributed by atoms with van der Waals surface area (Å²) in [4.78, 5) is 10.7. The predicted octanol–water partition coefficient (Wildman–Crippen LogP) is 3.18. The van der Waals surface area contributed by atoms with Crippen molar-refractivity contribution in [1.29, 1.82) is 0 Å². The van der Waals surface area contributed by atoms with Crippen LogP contribution < -0.4 is 0 Å². The Balaban J connectivity index is 2.40. The van der Waals surface area contributed by atoms with Crippen LogP contribution in [-0.2, 0) is 0 Å². The number of carboxylic acid groups (broad SMARTS) is 1. The number of halogens is 2. The van der Waals surface area contributed by atoms with Gasteiger partial charge in [-0.3, -0.25) is 0 Å². The Morgan fingerprint density at radius 3 is 2.76 bits per heavy atom. The first-order valence-electron chi connectivity index (χ1n) is 4.57. The maximum Gasteiger partial charge on any atom is 0.338 e. The topological polar surface area (TPSA) is 55.1 Å². The zero-order valence-corrected chi connectivity index (χ0v) is 11.6. The maximum absolute atomic E-state index is 13.5. The molecule has 1 aromatic carbocycles. The van der Waals surface area contributed by atoms with Crippen molar-refractivity contribution in [1.82, 2.24) is 9.55 Å². The molecule has 0 aliphatic rings. The van der Waals surface area contributed by atoms with E-state index >= 15 is 0 Å². The van der Waals surface area contributed by atoms with Crippen LogP contribution >= 0.6 is 28.4 Å². The summed E-state index contributed by atoms with van der Waals surface area (Å²) in [6.45, 7) is 0. The van der Waals surface area contributed by atoms with Crippen LogP contribution in [0.1, 0.15) is 10.4 Å². The molecule has 2 rings (SSSR count). The first kappa shape index (κ1) is 12.4. The number of nitrogens with zero attached hydrogens (tertiary/aromatic N) is 2. The molecule has 0 saturated heterocycles. The Bertz CT molecular complexity index is 573. The quantitative estimate of drug-likeness (QED) is 0.673. The first-order chi connectivity index (χ1) is 8.11. The number of aromatic carboxylic acids is 1. The van der Waals surface area contributed by atoms with Crippen LogP contribution in [0, 0.1) is 5.82 Å². The van der Waals surface area contributed by atoms with Crippen molar-refractivity contribution in [2.75, 3.05) is 0 Å². The molecule has 0 amide bonds. The van der Waals surface area contributed by atoms with Gasteiger partial charge in [-0.2, -0.15) is 5.10 Å². The normalized spacial score (nSPS) is 11.2. The molecule has 1 heterocycles. The van der Waals surface area contributed by atoms with Crippen LogP contribution in [0.4, 0.5) is 4.39 Å². The van der Waals surface area contributed by atoms with E-state index in [0.29, 0.717) is 17.6 Å². The van der Waals surface area contributed by atoms with Gasteiger partial charge in [0, 0.05) is 11.8 Å². The van der Waals surface area contributed by atoms with Gasteiger partial charge >= 0.3 is 5.97 Å². The minimum absolute atomic E-state index is 0.330. The van der Waals surface area contributed by atoms with E-state index in [1.54, 1.807) is 22.8 Å². The minimum atomic E-state index is -1.27. The van der Waals surface area contributed by atoms with Gasteiger partial charge < -0.3 is 5.11 Å². The third-order valence-corrected chi connectivity index (χ3v) is 4.08. The highest BCUT2D eigenvalue weighted by atomic mass is 127. The first-order valence-corrected chi connectivity index (χ1v) is 8.63. The molecule has 0 radical (unpaired) electrons. The molecule has 1 atom stereocenters. The number of carboxylic acids is 1. The molecule has 1 unspecified atom stereocenters. The van der Waals surface area contributed by atoms with Crippen LogP contribution in [0.2, 0.25) is 0 Å². The molecule has 0 aliphatic carbocycles. The molecule has 88 valence electrons. The summed E-state index contributed by atoms with van der Waals surface area (Å²) in [5.41, 5.74) is 0.870. The van der Waals surface area contributed by atoms with Crippen LogP contribution in [-0.4, -0.2) is 20.6 Å². The summed E-state index contributed by atoms with van der Waals surface area (Å²) in [6, 6.07) is 5.75. The zero-order valence-electron chi connectivity index (χ0n) is 8.39. The van der Waals surface area contributed by atoms with E-state index in [1.807, 2.05) is 0 Å². The molecular weight excluding hydrogens is 357 g/mol. The molecule has 1 aromatic heterocycles. The summed E-state index contributed by atoms with van der Waals surface area (Å²) in [5.74, 6) is -2.02. The highest BCUT2D eigenvalue weighted by molar-refractivity contribution is 14.2. The zero-order chi connectivity index (χ0) is 12.4. The number of hydrogen-bond donors (Lipinski definition) is 1. The molecule has 0 bridgehead atoms. The van der Waals surface area contributed by atoms with Crippen molar-refractivity contribution in [2.24, 2.45) is 0 Å². The van der Waals surface area contributed by atoms with Gasteiger partial charge in [-0.1, -0.05) is 6.07 Å². The highest BCUT2D eigenvalue weighted by Crippen LogP contribution is 2.26. The highest BCUT2D eigenvalue weighted by Gasteiger charge is 2.12. The van der Waals surface area contributed by atoms with Crippen LogP contribution in [0.25, 0.3) is 11.3 Å². The molecular formula is C10H7FIN2O2P. The van der Waals surface area contributed by atoms with Gasteiger partial charge in [0.1, 0.15) is 5.82 Å². The Hall–Kier alpha value is -1.01. The van der Waals surface area contributed by atoms with Gasteiger partial charge in [-0.05, 0) is 40.2 Å². The van der Waals surface area contributed by atoms with E-state index in [1.165, 1.54) is 12.1 Å². The van der Waals surface area contributed by atoms with E-state index in [4.69, 9.17) is 5.11 Å². The van der Waals surface area contributed by atoms with E-state index in [9.17, 15) is 9.18 Å². The van der Waals surface area contributed by atoms with Crippen molar-refractivity contribution >= 4 is 34.4 Å². The number of benzene rings is 1. The number of aromatic nitrogens is 2. The second-order valence-corrected chi connectivity index (χ2v) is 5.30. The minimum Gasteiger partial charge on any atom is -0.478 e. The average molecular weight is 364 g/mol. The third-order valence-electron chi connectivity index (χ3n) is 2.17. The van der Waals surface area contributed by atoms with E-state index in [-0.39, 0.29) is 5.56 Å². The van der Waals surface area contributed by atoms with Crippen LogP contribution in [0.15, 0.2) is 30.5 Å². The lowest BCUT2D eigenvalue weighted by atomic mass is 10.1. The van der Waals surface area contributed by atoms with Crippen LogP contribution in [0.5, 0.6) is 0 Å². The second kappa shape index (κ2) is 5.10. The van der Waals surface area contributed by atoms with E-state index < -0.39 is 11.8 Å². The van der Waals surface area contributed by atoms with Crippen molar-refractivity contribution < 1.29 is 14.3 Å². The van der Waals surface area contributed by atoms with Gasteiger partial charge in [0.2, 0.25) is 0 Å². The monoisotopic (exact) mass is 364 g/mol. The van der Waals surface area contributed by atoms with E-state index in [0.717, 1.165) is 0 Å². The van der Waals surface area contributed by atoms with Crippen molar-refractivity contribution in [2.45, 2.75) is 0 Å². The summed E-state index contributed by atoms with van der Waals surface area (Å²) in [7, 11) is 0. The maximum atomic E-state index is 13.5. The molecule has 0 saturated carbocycles. The van der Waals surface area contributed by atoms with Gasteiger partial charge in [0.15, 0.2) is 0 Å². The lowest BCUT2D eigenvalue weighted by molar-refractivity contribution is 0.0692. The van der Waals surface area contributed by atoms with Crippen LogP contribution in [0.3, 0.4) is 0 Å². The predicted molar refractivity (Wildman–Crippen MR) is 72.3 cm³/mol. The molecule has 2 aromatic rings. The smallest absolute Gasteiger partial charge is 0.338 e. The van der Waals surface area contributed by atoms with Gasteiger partial charge in [0.05, 0.1) is 17.6 Å². The Kier molecular flexibility index (Phi) is 3.73. The molecule has 1 N–H and O–H groups in total. The summed E-state index contributed by atoms with van der Waals surface area (Å²) < 4.78 is 15.2. The Labute approximate surface area is 111 Å². The fraction of sp³-hybridized carbons (Fsp3) is 0.